The first-order valence-corrected chi connectivity index (χ1v) is 8.07. The third-order valence-corrected chi connectivity index (χ3v) is 3.86. The number of rotatable bonds is 7. The van der Waals surface area contributed by atoms with Gasteiger partial charge in [0.15, 0.2) is 0 Å². The van der Waals surface area contributed by atoms with Gasteiger partial charge in [0.25, 0.3) is 0 Å². The van der Waals surface area contributed by atoms with Crippen LogP contribution in [0.1, 0.15) is 52.3 Å². The maximum absolute atomic E-state index is 5.47. The van der Waals surface area contributed by atoms with Crippen LogP contribution < -0.4 is 10.6 Å². The second-order valence-corrected chi connectivity index (χ2v) is 6.13. The molecule has 118 valence electrons. The minimum absolute atomic E-state index is 0.319. The molecular formula is C16H28N4O. The topological polar surface area (TPSA) is 59.1 Å². The molecule has 0 radical (unpaired) electrons. The highest BCUT2D eigenvalue weighted by Crippen LogP contribution is 2.22. The van der Waals surface area contributed by atoms with Crippen molar-refractivity contribution in [3.05, 3.63) is 11.9 Å². The fraction of sp³-hybridized carbons (Fsp3) is 0.750. The zero-order valence-corrected chi connectivity index (χ0v) is 13.6. The van der Waals surface area contributed by atoms with Crippen LogP contribution in [-0.2, 0) is 4.74 Å². The molecule has 5 nitrogen and oxygen atoms in total. The second-order valence-electron chi connectivity index (χ2n) is 6.13. The van der Waals surface area contributed by atoms with E-state index in [1.165, 1.54) is 0 Å². The first kappa shape index (κ1) is 16.0. The van der Waals surface area contributed by atoms with Gasteiger partial charge in [0.2, 0.25) is 0 Å². The molecule has 2 heterocycles. The van der Waals surface area contributed by atoms with Crippen molar-refractivity contribution in [2.75, 3.05) is 30.4 Å². The molecule has 0 aromatic carbocycles. The number of nitrogens with one attached hydrogen (secondary N) is 2. The van der Waals surface area contributed by atoms with Gasteiger partial charge < -0.3 is 15.4 Å². The van der Waals surface area contributed by atoms with Crippen LogP contribution in [0.5, 0.6) is 0 Å². The van der Waals surface area contributed by atoms with E-state index in [-0.39, 0.29) is 0 Å². The Morgan fingerprint density at radius 2 is 2.05 bits per heavy atom. The zero-order valence-electron chi connectivity index (χ0n) is 13.6. The van der Waals surface area contributed by atoms with Crippen LogP contribution in [0.15, 0.2) is 6.07 Å². The molecular weight excluding hydrogens is 264 g/mol. The van der Waals surface area contributed by atoms with Crippen LogP contribution in [0.25, 0.3) is 0 Å². The first-order chi connectivity index (χ1) is 10.1. The summed E-state index contributed by atoms with van der Waals surface area (Å²) in [4.78, 5) is 9.24. The highest BCUT2D eigenvalue weighted by molar-refractivity contribution is 5.48. The minimum atomic E-state index is 0.319. The van der Waals surface area contributed by atoms with Crippen molar-refractivity contribution in [2.24, 2.45) is 5.92 Å². The van der Waals surface area contributed by atoms with Crippen LogP contribution in [-0.4, -0.2) is 35.8 Å². The lowest BCUT2D eigenvalue weighted by Gasteiger charge is -2.21. The summed E-state index contributed by atoms with van der Waals surface area (Å²) in [5.74, 6) is 3.58. The zero-order chi connectivity index (χ0) is 15.2. The van der Waals surface area contributed by atoms with Gasteiger partial charge in [-0.3, -0.25) is 0 Å². The number of anilines is 2. The Bertz CT molecular complexity index is 444. The predicted octanol–water partition coefficient (Wildman–Crippen LogP) is 3.26. The Balaban J connectivity index is 2.10. The Kier molecular flexibility index (Phi) is 5.79. The smallest absolute Gasteiger partial charge is 0.135 e. The lowest BCUT2D eigenvalue weighted by molar-refractivity contribution is 0.183. The predicted molar refractivity (Wildman–Crippen MR) is 86.9 cm³/mol. The highest BCUT2D eigenvalue weighted by Gasteiger charge is 2.22. The van der Waals surface area contributed by atoms with Crippen molar-refractivity contribution in [3.8, 4) is 0 Å². The fourth-order valence-electron chi connectivity index (χ4n) is 2.44. The summed E-state index contributed by atoms with van der Waals surface area (Å²) in [5, 5.41) is 6.88. The largest absolute Gasteiger partial charge is 0.381 e. The Morgan fingerprint density at radius 3 is 2.67 bits per heavy atom. The van der Waals surface area contributed by atoms with E-state index in [2.05, 4.69) is 48.3 Å². The van der Waals surface area contributed by atoms with Gasteiger partial charge in [-0.15, -0.1) is 0 Å². The molecule has 1 aromatic heterocycles. The number of hydrogen-bond acceptors (Lipinski definition) is 5. The molecule has 0 spiro atoms. The van der Waals surface area contributed by atoms with E-state index in [1.54, 1.807) is 0 Å². The van der Waals surface area contributed by atoms with Crippen molar-refractivity contribution in [2.45, 2.75) is 52.5 Å². The van der Waals surface area contributed by atoms with Gasteiger partial charge in [0.1, 0.15) is 17.5 Å². The summed E-state index contributed by atoms with van der Waals surface area (Å²) >= 11 is 0. The maximum atomic E-state index is 5.47. The van der Waals surface area contributed by atoms with Crippen LogP contribution in [0.2, 0.25) is 0 Å². The van der Waals surface area contributed by atoms with Crippen LogP contribution in [0, 0.1) is 5.92 Å². The van der Waals surface area contributed by atoms with E-state index >= 15 is 0 Å². The van der Waals surface area contributed by atoms with Crippen LogP contribution >= 0.6 is 0 Å². The first-order valence-electron chi connectivity index (χ1n) is 8.07. The monoisotopic (exact) mass is 292 g/mol. The molecule has 2 atom stereocenters. The fourth-order valence-corrected chi connectivity index (χ4v) is 2.44. The van der Waals surface area contributed by atoms with E-state index in [9.17, 15) is 0 Å². The lowest BCUT2D eigenvalue weighted by atomic mass is 10.0. The average molecular weight is 292 g/mol. The molecule has 0 saturated carbocycles. The van der Waals surface area contributed by atoms with Crippen molar-refractivity contribution in [1.82, 2.24) is 9.97 Å². The lowest BCUT2D eigenvalue weighted by Crippen LogP contribution is -2.27. The van der Waals surface area contributed by atoms with Gasteiger partial charge in [0.05, 0.1) is 6.61 Å². The molecule has 21 heavy (non-hydrogen) atoms. The summed E-state index contributed by atoms with van der Waals surface area (Å²) in [7, 11) is 0. The Morgan fingerprint density at radius 1 is 1.29 bits per heavy atom. The molecule has 2 rings (SSSR count). The van der Waals surface area contributed by atoms with Gasteiger partial charge >= 0.3 is 0 Å². The van der Waals surface area contributed by atoms with Gasteiger partial charge in [-0.2, -0.15) is 0 Å². The quantitative estimate of drug-likeness (QED) is 0.808. The van der Waals surface area contributed by atoms with E-state index in [0.717, 1.165) is 50.1 Å². The van der Waals surface area contributed by atoms with Crippen molar-refractivity contribution >= 4 is 11.6 Å². The second kappa shape index (κ2) is 7.59. The van der Waals surface area contributed by atoms with Crippen LogP contribution in [0.3, 0.4) is 0 Å². The molecule has 5 heteroatoms. The van der Waals surface area contributed by atoms with Gasteiger partial charge in [0, 0.05) is 37.1 Å². The average Bonchev–Trinajstić information content (AvgIpc) is 2.99. The highest BCUT2D eigenvalue weighted by atomic mass is 16.5. The molecule has 1 aliphatic heterocycles. The molecule has 0 bridgehead atoms. The number of nitrogens with zero attached hydrogens (tertiary/aromatic N) is 2. The number of aromatic nitrogens is 2. The molecule has 1 aliphatic rings. The summed E-state index contributed by atoms with van der Waals surface area (Å²) < 4.78 is 5.47. The summed E-state index contributed by atoms with van der Waals surface area (Å²) in [6.07, 6.45) is 2.21. The molecule has 1 fully saturated rings. The summed E-state index contributed by atoms with van der Waals surface area (Å²) in [6, 6.07) is 2.37. The van der Waals surface area contributed by atoms with Crippen molar-refractivity contribution < 1.29 is 4.74 Å². The van der Waals surface area contributed by atoms with Gasteiger partial charge in [-0.25, -0.2) is 9.97 Å². The summed E-state index contributed by atoms with van der Waals surface area (Å²) in [6.45, 7) is 11.3. The van der Waals surface area contributed by atoms with Crippen LogP contribution in [0.4, 0.5) is 11.6 Å². The van der Waals surface area contributed by atoms with Gasteiger partial charge in [-0.1, -0.05) is 20.8 Å². The molecule has 2 N–H and O–H groups in total. The van der Waals surface area contributed by atoms with Crippen molar-refractivity contribution in [3.63, 3.8) is 0 Å². The Labute approximate surface area is 127 Å². The molecule has 0 aliphatic carbocycles. The van der Waals surface area contributed by atoms with E-state index in [1.807, 2.05) is 6.07 Å². The maximum Gasteiger partial charge on any atom is 0.135 e. The van der Waals surface area contributed by atoms with Crippen molar-refractivity contribution in [1.29, 1.82) is 0 Å². The third kappa shape index (κ3) is 4.56. The molecule has 2 unspecified atom stereocenters. The van der Waals surface area contributed by atoms with E-state index < -0.39 is 0 Å². The summed E-state index contributed by atoms with van der Waals surface area (Å²) in [5.41, 5.74) is 0. The Hall–Kier alpha value is -1.36. The molecule has 1 saturated heterocycles. The SMILES string of the molecule is CCCNc1cc(NC(C)C2CCOC2)nc(C(C)C)n1. The standard InChI is InChI=1S/C16H28N4O/c1-5-7-17-14-9-15(20-16(19-14)11(2)3)18-12(4)13-6-8-21-10-13/h9,11-13H,5-8,10H2,1-4H3,(H2,17,18,19,20). The molecule has 0 amide bonds. The van der Waals surface area contributed by atoms with E-state index in [4.69, 9.17) is 4.74 Å². The number of hydrogen-bond donors (Lipinski definition) is 2. The normalized spacial score (nSPS) is 19.8. The number of ether oxygens (including phenoxy) is 1. The third-order valence-electron chi connectivity index (χ3n) is 3.86. The van der Waals surface area contributed by atoms with Gasteiger partial charge in [-0.05, 0) is 19.8 Å². The minimum Gasteiger partial charge on any atom is -0.381 e. The molecule has 1 aromatic rings. The van der Waals surface area contributed by atoms with E-state index in [0.29, 0.717) is 17.9 Å².